The number of ether oxygens (including phenoxy) is 2. The number of benzene rings is 2. The second-order valence-electron chi connectivity index (χ2n) is 8.56. The van der Waals surface area contributed by atoms with E-state index < -0.39 is 0 Å². The minimum Gasteiger partial charge on any atom is -0.486 e. The zero-order valence-corrected chi connectivity index (χ0v) is 18.1. The topological polar surface area (TPSA) is 76.2 Å². The van der Waals surface area contributed by atoms with E-state index in [1.807, 2.05) is 36.1 Å². The minimum absolute atomic E-state index is 0.0145. The fraction of sp³-hybridized carbons (Fsp3) is 0.400. The van der Waals surface area contributed by atoms with Gasteiger partial charge in [-0.25, -0.2) is 0 Å². The van der Waals surface area contributed by atoms with E-state index in [2.05, 4.69) is 0 Å². The van der Waals surface area contributed by atoms with Crippen LogP contribution in [-0.2, 0) is 4.79 Å². The first-order chi connectivity index (χ1) is 15.5. The maximum Gasteiger partial charge on any atom is 0.261 e. The number of amides is 3. The lowest BCUT2D eigenvalue weighted by atomic mass is 10.0. The molecule has 1 atom stereocenters. The summed E-state index contributed by atoms with van der Waals surface area (Å²) in [5.41, 5.74) is 2.90. The molecular weight excluding hydrogens is 408 g/mol. The van der Waals surface area contributed by atoms with E-state index in [4.69, 9.17) is 9.47 Å². The number of rotatable bonds is 5. The highest BCUT2D eigenvalue weighted by Crippen LogP contribution is 2.38. The van der Waals surface area contributed by atoms with Crippen LogP contribution >= 0.6 is 0 Å². The van der Waals surface area contributed by atoms with E-state index in [1.54, 1.807) is 12.1 Å². The molecule has 0 saturated carbocycles. The molecule has 3 aliphatic heterocycles. The van der Waals surface area contributed by atoms with Crippen molar-refractivity contribution in [3.63, 3.8) is 0 Å². The monoisotopic (exact) mass is 434 g/mol. The van der Waals surface area contributed by atoms with Crippen molar-refractivity contribution in [2.24, 2.45) is 0 Å². The van der Waals surface area contributed by atoms with Gasteiger partial charge in [-0.2, -0.15) is 0 Å². The molecule has 0 N–H and O–H groups in total. The van der Waals surface area contributed by atoms with E-state index >= 15 is 0 Å². The van der Waals surface area contributed by atoms with Crippen LogP contribution in [0.4, 0.5) is 0 Å². The number of hydrogen-bond donors (Lipinski definition) is 0. The summed E-state index contributed by atoms with van der Waals surface area (Å²) >= 11 is 0. The van der Waals surface area contributed by atoms with E-state index in [1.165, 1.54) is 4.90 Å². The Hall–Kier alpha value is -3.35. The van der Waals surface area contributed by atoms with Gasteiger partial charge in [-0.05, 0) is 56.0 Å². The van der Waals surface area contributed by atoms with Crippen molar-refractivity contribution in [2.75, 3.05) is 26.3 Å². The Morgan fingerprint density at radius 3 is 2.62 bits per heavy atom. The van der Waals surface area contributed by atoms with Crippen LogP contribution in [0.1, 0.15) is 63.6 Å². The van der Waals surface area contributed by atoms with Gasteiger partial charge in [0.1, 0.15) is 13.2 Å². The van der Waals surface area contributed by atoms with E-state index in [-0.39, 0.29) is 30.3 Å². The Kier molecular flexibility index (Phi) is 5.33. The van der Waals surface area contributed by atoms with Gasteiger partial charge < -0.3 is 14.4 Å². The second-order valence-corrected chi connectivity index (χ2v) is 8.56. The molecule has 3 heterocycles. The molecule has 1 unspecified atom stereocenters. The van der Waals surface area contributed by atoms with Crippen LogP contribution in [0.15, 0.2) is 36.4 Å². The molecule has 3 amide bonds. The fourth-order valence-electron chi connectivity index (χ4n) is 4.82. The van der Waals surface area contributed by atoms with Gasteiger partial charge in [0.15, 0.2) is 11.5 Å². The summed E-state index contributed by atoms with van der Waals surface area (Å²) in [5.74, 6) is 0.986. The lowest BCUT2D eigenvalue weighted by Gasteiger charge is -2.27. The van der Waals surface area contributed by atoms with Crippen LogP contribution in [0.3, 0.4) is 0 Å². The van der Waals surface area contributed by atoms with Crippen molar-refractivity contribution in [1.82, 2.24) is 9.80 Å². The lowest BCUT2D eigenvalue weighted by molar-refractivity contribution is -0.132. The molecule has 0 aliphatic carbocycles. The summed E-state index contributed by atoms with van der Waals surface area (Å²) < 4.78 is 11.3. The molecule has 1 saturated heterocycles. The van der Waals surface area contributed by atoms with Gasteiger partial charge in [-0.1, -0.05) is 17.7 Å². The molecule has 2 aromatic carbocycles. The first-order valence-corrected chi connectivity index (χ1v) is 11.2. The van der Waals surface area contributed by atoms with E-state index in [0.717, 1.165) is 35.5 Å². The van der Waals surface area contributed by atoms with Gasteiger partial charge in [0, 0.05) is 19.5 Å². The summed E-state index contributed by atoms with van der Waals surface area (Å²) in [4.78, 5) is 41.4. The number of carbonyl (C=O) groups is 3. The number of imide groups is 1. The standard InChI is InChI=1S/C25H26N2O5/c1-16-6-8-18-19(14-16)25(30)27(24(18)29)11-3-5-23(28)26-10-2-4-20(26)17-7-9-21-22(15-17)32-13-12-31-21/h6-9,14-15,20H,2-5,10-13H2,1H3. The molecule has 0 spiro atoms. The van der Waals surface area contributed by atoms with Gasteiger partial charge in [0.2, 0.25) is 5.91 Å². The zero-order valence-electron chi connectivity index (χ0n) is 18.1. The lowest BCUT2D eigenvalue weighted by Crippen LogP contribution is -2.33. The predicted molar refractivity (Wildman–Crippen MR) is 117 cm³/mol. The molecule has 0 radical (unpaired) electrons. The van der Waals surface area contributed by atoms with Crippen molar-refractivity contribution in [1.29, 1.82) is 0 Å². The highest BCUT2D eigenvalue weighted by Gasteiger charge is 2.36. The van der Waals surface area contributed by atoms with Gasteiger partial charge in [-0.3, -0.25) is 19.3 Å². The van der Waals surface area contributed by atoms with Gasteiger partial charge >= 0.3 is 0 Å². The molecule has 7 nitrogen and oxygen atoms in total. The Labute approximate surface area is 186 Å². The van der Waals surface area contributed by atoms with Gasteiger partial charge in [-0.15, -0.1) is 0 Å². The minimum atomic E-state index is -0.271. The summed E-state index contributed by atoms with van der Waals surface area (Å²) in [6.07, 6.45) is 2.60. The molecule has 3 aliphatic rings. The highest BCUT2D eigenvalue weighted by molar-refractivity contribution is 6.21. The van der Waals surface area contributed by atoms with Crippen LogP contribution in [-0.4, -0.2) is 53.8 Å². The number of hydrogen-bond acceptors (Lipinski definition) is 5. The first-order valence-electron chi connectivity index (χ1n) is 11.2. The van der Waals surface area contributed by atoms with Crippen molar-refractivity contribution in [2.45, 2.75) is 38.6 Å². The summed E-state index contributed by atoms with van der Waals surface area (Å²) in [6.45, 7) is 3.94. The van der Waals surface area contributed by atoms with Gasteiger partial charge in [0.05, 0.1) is 17.2 Å². The van der Waals surface area contributed by atoms with Crippen LogP contribution < -0.4 is 9.47 Å². The molecule has 32 heavy (non-hydrogen) atoms. The molecule has 2 aromatic rings. The number of likely N-dealkylation sites (tertiary alicyclic amines) is 1. The molecular formula is C25H26N2O5. The van der Waals surface area contributed by atoms with Crippen molar-refractivity contribution in [3.8, 4) is 11.5 Å². The third kappa shape index (κ3) is 3.61. The van der Waals surface area contributed by atoms with Crippen LogP contribution in [0.2, 0.25) is 0 Å². The Morgan fingerprint density at radius 2 is 1.78 bits per heavy atom. The normalized spacial score (nSPS) is 19.5. The molecule has 1 fully saturated rings. The van der Waals surface area contributed by atoms with Gasteiger partial charge in [0.25, 0.3) is 11.8 Å². The molecule has 5 rings (SSSR count). The summed E-state index contributed by atoms with van der Waals surface area (Å²) in [7, 11) is 0. The average molecular weight is 434 g/mol. The number of carbonyl (C=O) groups excluding carboxylic acids is 3. The summed E-state index contributed by atoms with van der Waals surface area (Å²) in [6, 6.07) is 11.2. The molecule has 166 valence electrons. The Bertz CT molecular complexity index is 1100. The SMILES string of the molecule is Cc1ccc2c(c1)C(=O)N(CCCC(=O)N1CCCC1c1ccc3c(c1)OCCO3)C2=O. The predicted octanol–water partition coefficient (Wildman–Crippen LogP) is 3.51. The zero-order chi connectivity index (χ0) is 22.2. The number of nitrogens with zero attached hydrogens (tertiary/aromatic N) is 2. The third-order valence-electron chi connectivity index (χ3n) is 6.42. The average Bonchev–Trinajstić information content (AvgIpc) is 3.38. The Balaban J connectivity index is 1.21. The number of aryl methyl sites for hydroxylation is 1. The summed E-state index contributed by atoms with van der Waals surface area (Å²) in [5, 5.41) is 0. The molecule has 0 aromatic heterocycles. The highest BCUT2D eigenvalue weighted by atomic mass is 16.6. The van der Waals surface area contributed by atoms with Crippen LogP contribution in [0.5, 0.6) is 11.5 Å². The van der Waals surface area contributed by atoms with E-state index in [9.17, 15) is 14.4 Å². The number of fused-ring (bicyclic) bond motifs is 2. The van der Waals surface area contributed by atoms with Crippen molar-refractivity contribution >= 4 is 17.7 Å². The largest absolute Gasteiger partial charge is 0.486 e. The van der Waals surface area contributed by atoms with Crippen molar-refractivity contribution < 1.29 is 23.9 Å². The van der Waals surface area contributed by atoms with Crippen LogP contribution in [0, 0.1) is 6.92 Å². The van der Waals surface area contributed by atoms with Crippen molar-refractivity contribution in [3.05, 3.63) is 58.7 Å². The maximum atomic E-state index is 13.0. The molecule has 0 bridgehead atoms. The first kappa shape index (κ1) is 20.5. The second kappa shape index (κ2) is 8.30. The Morgan fingerprint density at radius 1 is 1.00 bits per heavy atom. The van der Waals surface area contributed by atoms with E-state index in [0.29, 0.717) is 43.7 Å². The quantitative estimate of drug-likeness (QED) is 0.673. The fourth-order valence-corrected chi connectivity index (χ4v) is 4.82. The third-order valence-corrected chi connectivity index (χ3v) is 6.42. The molecule has 7 heteroatoms. The smallest absolute Gasteiger partial charge is 0.261 e. The maximum absolute atomic E-state index is 13.0. The van der Waals surface area contributed by atoms with Crippen LogP contribution in [0.25, 0.3) is 0 Å².